The Morgan fingerprint density at radius 2 is 1.94 bits per heavy atom. The molecule has 0 amide bonds. The highest BCUT2D eigenvalue weighted by Gasteiger charge is 2.54. The van der Waals surface area contributed by atoms with Gasteiger partial charge in [-0.2, -0.15) is 0 Å². The van der Waals surface area contributed by atoms with Gasteiger partial charge in [-0.05, 0) is 25.8 Å². The van der Waals surface area contributed by atoms with Crippen molar-refractivity contribution >= 4 is 7.85 Å². The van der Waals surface area contributed by atoms with Gasteiger partial charge in [-0.3, -0.25) is 4.90 Å². The van der Waals surface area contributed by atoms with E-state index in [9.17, 15) is 0 Å². The smallest absolute Gasteiger partial charge is 0.109 e. The van der Waals surface area contributed by atoms with Crippen LogP contribution < -0.4 is 0 Å². The lowest BCUT2D eigenvalue weighted by Crippen LogP contribution is -2.58. The number of fused-ring (bicyclic) bond motifs is 1. The minimum Gasteiger partial charge on any atom is -0.377 e. The van der Waals surface area contributed by atoms with Gasteiger partial charge in [-0.1, -0.05) is 44.3 Å². The van der Waals surface area contributed by atoms with Crippen LogP contribution in [-0.2, 0) is 4.74 Å². The summed E-state index contributed by atoms with van der Waals surface area (Å²) >= 11 is 0. The van der Waals surface area contributed by atoms with Crippen LogP contribution in [0, 0.1) is 5.92 Å². The van der Waals surface area contributed by atoms with E-state index in [4.69, 9.17) is 4.74 Å². The molecule has 3 unspecified atom stereocenters. The second kappa shape index (κ2) is 4.52. The molecule has 2 nitrogen and oxygen atoms in total. The molecule has 1 aliphatic carbocycles. The van der Waals surface area contributed by atoms with E-state index in [0.717, 1.165) is 25.2 Å². The van der Waals surface area contributed by atoms with E-state index in [0.29, 0.717) is 10.9 Å². The fourth-order valence-corrected chi connectivity index (χ4v) is 4.68. The Morgan fingerprint density at radius 1 is 1.17 bits per heavy atom. The van der Waals surface area contributed by atoms with Gasteiger partial charge in [0.1, 0.15) is 7.85 Å². The second-order valence-electron chi connectivity index (χ2n) is 7.83. The van der Waals surface area contributed by atoms with Crippen molar-refractivity contribution < 1.29 is 4.74 Å². The van der Waals surface area contributed by atoms with Crippen molar-refractivity contribution in [3.8, 4) is 0 Å². The molecule has 2 heterocycles. The standard InChI is InChI=1S/C15H28BNO/c1-14(16)7-5-3-4-6-13-12(8-14)9-15(17(13)2)10-18-11-15/h12-13H,3-11,16H2,1-2H3. The molecule has 3 aliphatic rings. The highest BCUT2D eigenvalue weighted by molar-refractivity contribution is 6.14. The van der Waals surface area contributed by atoms with E-state index in [1.54, 1.807) is 0 Å². The Labute approximate surface area is 113 Å². The summed E-state index contributed by atoms with van der Waals surface area (Å²) in [5.41, 5.74) is 0.421. The van der Waals surface area contributed by atoms with Gasteiger partial charge >= 0.3 is 0 Å². The number of rotatable bonds is 0. The summed E-state index contributed by atoms with van der Waals surface area (Å²) in [4.78, 5) is 2.70. The monoisotopic (exact) mass is 249 g/mol. The molecule has 18 heavy (non-hydrogen) atoms. The predicted octanol–water partition coefficient (Wildman–Crippen LogP) is 2.24. The zero-order valence-electron chi connectivity index (χ0n) is 12.4. The van der Waals surface area contributed by atoms with E-state index in [-0.39, 0.29) is 0 Å². The maximum absolute atomic E-state index is 5.53. The topological polar surface area (TPSA) is 12.5 Å². The number of likely N-dealkylation sites (N-methyl/N-ethyl adjacent to an activating group) is 1. The number of ether oxygens (including phenoxy) is 1. The maximum atomic E-state index is 5.53. The summed E-state index contributed by atoms with van der Waals surface area (Å²) in [6, 6.07) is 0.825. The normalized spacial score (nSPS) is 44.8. The summed E-state index contributed by atoms with van der Waals surface area (Å²) in [5.74, 6) is 0.909. The fourth-order valence-electron chi connectivity index (χ4n) is 4.68. The first-order valence-corrected chi connectivity index (χ1v) is 7.83. The molecule has 1 saturated carbocycles. The molecule has 3 heteroatoms. The van der Waals surface area contributed by atoms with Gasteiger partial charge in [0.2, 0.25) is 0 Å². The highest BCUT2D eigenvalue weighted by Crippen LogP contribution is 2.50. The molecule has 102 valence electrons. The number of hydrogen-bond donors (Lipinski definition) is 0. The Bertz CT molecular complexity index is 314. The third kappa shape index (κ3) is 2.14. The Balaban J connectivity index is 1.79. The lowest BCUT2D eigenvalue weighted by Gasteiger charge is -2.45. The maximum Gasteiger partial charge on any atom is 0.109 e. The molecule has 0 bridgehead atoms. The molecule has 0 radical (unpaired) electrons. The third-order valence-corrected chi connectivity index (χ3v) is 5.84. The molecule has 0 aromatic heterocycles. The quantitative estimate of drug-likeness (QED) is 0.610. The lowest BCUT2D eigenvalue weighted by molar-refractivity contribution is -0.122. The van der Waals surface area contributed by atoms with E-state index in [1.165, 1.54) is 44.9 Å². The summed E-state index contributed by atoms with van der Waals surface area (Å²) < 4.78 is 5.53. The summed E-state index contributed by atoms with van der Waals surface area (Å²) in [5, 5.41) is 0.546. The van der Waals surface area contributed by atoms with Crippen molar-refractivity contribution in [3.63, 3.8) is 0 Å². The van der Waals surface area contributed by atoms with Gasteiger partial charge in [-0.25, -0.2) is 0 Å². The Morgan fingerprint density at radius 3 is 2.61 bits per heavy atom. The number of nitrogens with zero attached hydrogens (tertiary/aromatic N) is 1. The van der Waals surface area contributed by atoms with Crippen LogP contribution >= 0.6 is 0 Å². The van der Waals surface area contributed by atoms with Crippen molar-refractivity contribution in [2.24, 2.45) is 5.92 Å². The van der Waals surface area contributed by atoms with Gasteiger partial charge < -0.3 is 4.74 Å². The van der Waals surface area contributed by atoms with Crippen molar-refractivity contribution in [3.05, 3.63) is 0 Å². The van der Waals surface area contributed by atoms with Crippen LogP contribution in [0.3, 0.4) is 0 Å². The first kappa shape index (κ1) is 13.0. The zero-order valence-corrected chi connectivity index (χ0v) is 12.4. The van der Waals surface area contributed by atoms with Gasteiger partial charge in [0.25, 0.3) is 0 Å². The van der Waals surface area contributed by atoms with E-state index in [2.05, 4.69) is 26.7 Å². The molecule has 1 spiro atoms. The third-order valence-electron chi connectivity index (χ3n) is 5.84. The summed E-state index contributed by atoms with van der Waals surface area (Å²) in [6.45, 7) is 4.45. The molecule has 3 atom stereocenters. The van der Waals surface area contributed by atoms with Gasteiger partial charge in [-0.15, -0.1) is 0 Å². The van der Waals surface area contributed by atoms with Crippen molar-refractivity contribution in [2.75, 3.05) is 20.3 Å². The van der Waals surface area contributed by atoms with Gasteiger partial charge in [0.05, 0.1) is 18.8 Å². The molecular formula is C15H28BNO. The summed E-state index contributed by atoms with van der Waals surface area (Å²) in [7, 11) is 4.84. The van der Waals surface area contributed by atoms with Crippen LogP contribution in [0.5, 0.6) is 0 Å². The van der Waals surface area contributed by atoms with Crippen LogP contribution in [0.25, 0.3) is 0 Å². The molecule has 3 fully saturated rings. The summed E-state index contributed by atoms with van der Waals surface area (Å²) in [6.07, 6.45) is 9.94. The van der Waals surface area contributed by atoms with E-state index >= 15 is 0 Å². The predicted molar refractivity (Wildman–Crippen MR) is 77.8 cm³/mol. The van der Waals surface area contributed by atoms with Crippen LogP contribution in [0.15, 0.2) is 0 Å². The SMILES string of the molecule is BC1(C)CCCCCC2C(C1)CC1(COC1)N2C. The van der Waals surface area contributed by atoms with Crippen LogP contribution in [0.2, 0.25) is 5.31 Å². The van der Waals surface area contributed by atoms with Crippen molar-refractivity contribution in [1.29, 1.82) is 0 Å². The molecular weight excluding hydrogens is 221 g/mol. The van der Waals surface area contributed by atoms with Gasteiger partial charge in [0, 0.05) is 6.04 Å². The minimum atomic E-state index is 0.421. The molecule has 0 aromatic carbocycles. The number of hydrogen-bond acceptors (Lipinski definition) is 2. The minimum absolute atomic E-state index is 0.421. The first-order chi connectivity index (χ1) is 8.53. The molecule has 3 rings (SSSR count). The lowest BCUT2D eigenvalue weighted by atomic mass is 9.62. The van der Waals surface area contributed by atoms with E-state index in [1.807, 2.05) is 0 Å². The molecule has 2 saturated heterocycles. The van der Waals surface area contributed by atoms with Crippen LogP contribution in [0.4, 0.5) is 0 Å². The van der Waals surface area contributed by atoms with Crippen LogP contribution in [-0.4, -0.2) is 44.6 Å². The average Bonchev–Trinajstić information content (AvgIpc) is 2.54. The number of likely N-dealkylation sites (tertiary alicyclic amines) is 1. The first-order valence-electron chi connectivity index (χ1n) is 7.83. The fraction of sp³-hybridized carbons (Fsp3) is 1.00. The van der Waals surface area contributed by atoms with Crippen molar-refractivity contribution in [1.82, 2.24) is 4.90 Å². The Hall–Kier alpha value is -0.0151. The molecule has 2 aliphatic heterocycles. The Kier molecular flexibility index (Phi) is 3.26. The van der Waals surface area contributed by atoms with Crippen molar-refractivity contribution in [2.45, 2.75) is 68.8 Å². The van der Waals surface area contributed by atoms with Crippen LogP contribution in [0.1, 0.15) is 51.9 Å². The zero-order chi connectivity index (χ0) is 12.8. The molecule has 0 aromatic rings. The molecule has 0 N–H and O–H groups in total. The average molecular weight is 249 g/mol. The van der Waals surface area contributed by atoms with E-state index < -0.39 is 0 Å². The second-order valence-corrected chi connectivity index (χ2v) is 7.83. The van der Waals surface area contributed by atoms with Gasteiger partial charge in [0.15, 0.2) is 0 Å². The largest absolute Gasteiger partial charge is 0.377 e. The highest BCUT2D eigenvalue weighted by atomic mass is 16.5.